The van der Waals surface area contributed by atoms with Crippen molar-refractivity contribution in [2.24, 2.45) is 0 Å². The molecule has 0 spiro atoms. The van der Waals surface area contributed by atoms with Gasteiger partial charge in [-0.2, -0.15) is 18.3 Å². The van der Waals surface area contributed by atoms with Gasteiger partial charge in [-0.15, -0.1) is 0 Å². The number of carbonyl (C=O) groups is 1. The van der Waals surface area contributed by atoms with Gasteiger partial charge in [0.25, 0.3) is 0 Å². The van der Waals surface area contributed by atoms with Gasteiger partial charge in [-0.3, -0.25) is 4.79 Å². The van der Waals surface area contributed by atoms with Gasteiger partial charge in [0.1, 0.15) is 0 Å². The molecule has 0 aliphatic carbocycles. The highest BCUT2D eigenvalue weighted by Gasteiger charge is 2.40. The van der Waals surface area contributed by atoms with Crippen LogP contribution in [0.5, 0.6) is 0 Å². The topological polar surface area (TPSA) is 34.9 Å². The van der Waals surface area contributed by atoms with Crippen LogP contribution in [-0.2, 0) is 6.18 Å². The predicted octanol–water partition coefficient (Wildman–Crippen LogP) is 5.48. The van der Waals surface area contributed by atoms with Gasteiger partial charge < -0.3 is 0 Å². The third-order valence-electron chi connectivity index (χ3n) is 3.28. The fraction of sp³-hybridized carbons (Fsp3) is 0.0588. The third kappa shape index (κ3) is 3.88. The Kier molecular flexibility index (Phi) is 4.87. The largest absolute Gasteiger partial charge is 0.434 e. The lowest BCUT2D eigenvalue weighted by atomic mass is 10.2. The maximum Gasteiger partial charge on any atom is 0.434 e. The van der Waals surface area contributed by atoms with Crippen molar-refractivity contribution >= 4 is 28.5 Å². The summed E-state index contributed by atoms with van der Waals surface area (Å²) in [6.45, 7) is 0. The van der Waals surface area contributed by atoms with E-state index >= 15 is 0 Å². The van der Waals surface area contributed by atoms with Gasteiger partial charge in [0, 0.05) is 9.92 Å². The Hall–Kier alpha value is -2.25. The summed E-state index contributed by atoms with van der Waals surface area (Å²) in [5, 5.41) is 3.51. The number of para-hydroxylation sites is 1. The van der Waals surface area contributed by atoms with Gasteiger partial charge in [0.05, 0.1) is 17.4 Å². The zero-order valence-electron chi connectivity index (χ0n) is 12.5. The molecule has 25 heavy (non-hydrogen) atoms. The highest BCUT2D eigenvalue weighted by Crippen LogP contribution is 2.36. The van der Waals surface area contributed by atoms with Crippen molar-refractivity contribution < 1.29 is 18.0 Å². The second kappa shape index (κ2) is 6.93. The van der Waals surface area contributed by atoms with Crippen LogP contribution in [-0.4, -0.2) is 14.9 Å². The Balaban J connectivity index is 2.00. The van der Waals surface area contributed by atoms with Crippen LogP contribution in [0.15, 0.2) is 65.7 Å². The number of hydrogen-bond donors (Lipinski definition) is 0. The number of nitrogens with zero attached hydrogens (tertiary/aromatic N) is 2. The zero-order valence-corrected chi connectivity index (χ0v) is 14.1. The molecular formula is C17H10ClF3N2OS. The molecule has 0 aliphatic heterocycles. The van der Waals surface area contributed by atoms with E-state index in [1.807, 2.05) is 0 Å². The predicted molar refractivity (Wildman–Crippen MR) is 90.2 cm³/mol. The summed E-state index contributed by atoms with van der Waals surface area (Å²) < 4.78 is 41.4. The molecule has 0 aliphatic rings. The second-order valence-corrected chi connectivity index (χ2v) is 6.48. The van der Waals surface area contributed by atoms with Crippen molar-refractivity contribution in [3.63, 3.8) is 0 Å². The molecule has 0 N–H and O–H groups in total. The Morgan fingerprint density at radius 1 is 1.04 bits per heavy atom. The van der Waals surface area contributed by atoms with Gasteiger partial charge in [-0.05, 0) is 48.2 Å². The summed E-state index contributed by atoms with van der Waals surface area (Å²) in [6.07, 6.45) is -3.78. The van der Waals surface area contributed by atoms with E-state index in [-0.39, 0.29) is 5.69 Å². The lowest BCUT2D eigenvalue weighted by Gasteiger charge is -2.12. The Morgan fingerprint density at radius 2 is 1.68 bits per heavy atom. The Bertz CT molecular complexity index is 893. The minimum absolute atomic E-state index is 0.227. The van der Waals surface area contributed by atoms with Crippen molar-refractivity contribution in [3.8, 4) is 5.69 Å². The standard InChI is InChI=1S/C17H10ClF3N2OS/c18-11-6-8-13(9-7-11)25-16(24)14-10-22-23(15(14)17(19,20)21)12-4-2-1-3-5-12/h1-10H. The molecule has 1 heterocycles. The molecule has 0 unspecified atom stereocenters. The number of rotatable bonds is 3. The average molecular weight is 383 g/mol. The van der Waals surface area contributed by atoms with Crippen LogP contribution in [0.4, 0.5) is 13.2 Å². The molecule has 0 saturated carbocycles. The van der Waals surface area contributed by atoms with E-state index in [1.165, 1.54) is 12.1 Å². The second-order valence-electron chi connectivity index (χ2n) is 5.00. The van der Waals surface area contributed by atoms with Crippen molar-refractivity contribution in [1.29, 1.82) is 0 Å². The summed E-state index contributed by atoms with van der Waals surface area (Å²) >= 11 is 6.46. The molecule has 3 rings (SSSR count). The molecule has 0 saturated heterocycles. The van der Waals surface area contributed by atoms with Crippen molar-refractivity contribution in [3.05, 3.63) is 77.1 Å². The van der Waals surface area contributed by atoms with Crippen molar-refractivity contribution in [2.45, 2.75) is 11.1 Å². The fourth-order valence-electron chi connectivity index (χ4n) is 2.20. The lowest BCUT2D eigenvalue weighted by Crippen LogP contribution is -2.16. The monoisotopic (exact) mass is 382 g/mol. The van der Waals surface area contributed by atoms with Crippen molar-refractivity contribution in [1.82, 2.24) is 9.78 Å². The fourth-order valence-corrected chi connectivity index (χ4v) is 3.07. The summed E-state index contributed by atoms with van der Waals surface area (Å²) in [6, 6.07) is 14.1. The first-order valence-electron chi connectivity index (χ1n) is 7.04. The van der Waals surface area contributed by atoms with E-state index in [0.29, 0.717) is 21.7 Å². The summed E-state index contributed by atoms with van der Waals surface area (Å²) in [5.74, 6) is 0. The number of hydrogen-bond acceptors (Lipinski definition) is 3. The zero-order chi connectivity index (χ0) is 18.0. The van der Waals surface area contributed by atoms with Crippen LogP contribution >= 0.6 is 23.4 Å². The number of alkyl halides is 3. The Labute approximate surface area is 150 Å². The number of halogens is 4. The molecule has 0 fully saturated rings. The molecule has 3 aromatic rings. The summed E-state index contributed by atoms with van der Waals surface area (Å²) in [4.78, 5) is 12.9. The SMILES string of the molecule is O=C(Sc1ccc(Cl)cc1)c1cnn(-c2ccccc2)c1C(F)(F)F. The first-order chi connectivity index (χ1) is 11.9. The van der Waals surface area contributed by atoms with E-state index in [9.17, 15) is 18.0 Å². The van der Waals surface area contributed by atoms with Crippen LogP contribution < -0.4 is 0 Å². The molecule has 128 valence electrons. The van der Waals surface area contributed by atoms with Crippen LogP contribution in [0.1, 0.15) is 16.1 Å². The minimum atomic E-state index is -4.72. The molecule has 0 amide bonds. The van der Waals surface area contributed by atoms with E-state index in [0.717, 1.165) is 10.9 Å². The molecule has 3 nitrogen and oxygen atoms in total. The first kappa shape index (κ1) is 17.6. The van der Waals surface area contributed by atoms with Gasteiger partial charge in [-0.1, -0.05) is 29.8 Å². The van der Waals surface area contributed by atoms with E-state index < -0.39 is 22.5 Å². The first-order valence-corrected chi connectivity index (χ1v) is 8.24. The molecule has 0 bridgehead atoms. The third-order valence-corrected chi connectivity index (χ3v) is 4.45. The van der Waals surface area contributed by atoms with Crippen molar-refractivity contribution in [2.75, 3.05) is 0 Å². The highest BCUT2D eigenvalue weighted by atomic mass is 35.5. The Morgan fingerprint density at radius 3 is 2.28 bits per heavy atom. The van der Waals surface area contributed by atoms with E-state index in [4.69, 9.17) is 11.6 Å². The van der Waals surface area contributed by atoms with Gasteiger partial charge in [0.2, 0.25) is 5.12 Å². The maximum absolute atomic E-state index is 13.5. The van der Waals surface area contributed by atoms with Crippen LogP contribution in [0.25, 0.3) is 5.69 Å². The smallest absolute Gasteiger partial charge is 0.281 e. The average Bonchev–Trinajstić information content (AvgIpc) is 3.03. The lowest BCUT2D eigenvalue weighted by molar-refractivity contribution is -0.143. The van der Waals surface area contributed by atoms with Crippen LogP contribution in [0.2, 0.25) is 5.02 Å². The normalized spacial score (nSPS) is 11.5. The number of carbonyl (C=O) groups excluding carboxylic acids is 1. The summed E-state index contributed by atoms with van der Waals surface area (Å²) in [7, 11) is 0. The molecule has 1 aromatic heterocycles. The van der Waals surface area contributed by atoms with Crippen LogP contribution in [0.3, 0.4) is 0 Å². The van der Waals surface area contributed by atoms with Gasteiger partial charge >= 0.3 is 6.18 Å². The molecule has 8 heteroatoms. The van der Waals surface area contributed by atoms with Crippen LogP contribution in [0, 0.1) is 0 Å². The number of thioether (sulfide) groups is 1. The number of aromatic nitrogens is 2. The maximum atomic E-state index is 13.5. The van der Waals surface area contributed by atoms with E-state index in [1.54, 1.807) is 42.5 Å². The molecular weight excluding hydrogens is 373 g/mol. The minimum Gasteiger partial charge on any atom is -0.281 e. The molecule has 0 radical (unpaired) electrons. The number of benzene rings is 2. The quantitative estimate of drug-likeness (QED) is 0.563. The van der Waals surface area contributed by atoms with Gasteiger partial charge in [-0.25, -0.2) is 4.68 Å². The van der Waals surface area contributed by atoms with Gasteiger partial charge in [0.15, 0.2) is 5.69 Å². The molecule has 2 aromatic carbocycles. The summed E-state index contributed by atoms with van der Waals surface area (Å²) in [5.41, 5.74) is -1.35. The van der Waals surface area contributed by atoms with E-state index in [2.05, 4.69) is 5.10 Å². The molecule has 0 atom stereocenters. The highest BCUT2D eigenvalue weighted by molar-refractivity contribution is 8.14.